The zero-order valence-corrected chi connectivity index (χ0v) is 13.1. The van der Waals surface area contributed by atoms with Gasteiger partial charge in [-0.3, -0.25) is 19.5 Å². The van der Waals surface area contributed by atoms with Crippen LogP contribution in [0.2, 0.25) is 5.02 Å². The second-order valence-electron chi connectivity index (χ2n) is 5.54. The Bertz CT molecular complexity index is 994. The first-order valence-corrected chi connectivity index (χ1v) is 7.65. The molecule has 0 fully saturated rings. The Kier molecular flexibility index (Phi) is 3.25. The molecule has 1 aliphatic heterocycles. The molecule has 0 spiro atoms. The number of hydrogen-bond donors (Lipinski definition) is 1. The molecule has 0 radical (unpaired) electrons. The predicted molar refractivity (Wildman–Crippen MR) is 89.1 cm³/mol. The number of carbonyl (C=O) groups is 2. The molecule has 1 aliphatic rings. The van der Waals surface area contributed by atoms with Crippen molar-refractivity contribution in [3.63, 3.8) is 0 Å². The first-order chi connectivity index (χ1) is 11.6. The van der Waals surface area contributed by atoms with Crippen LogP contribution in [0, 0.1) is 0 Å². The fraction of sp³-hybridized carbons (Fsp3) is 0.0556. The molecule has 24 heavy (non-hydrogen) atoms. The monoisotopic (exact) mass is 338 g/mol. The number of carbonyl (C=O) groups excluding carboxylic acids is 2. The summed E-state index contributed by atoms with van der Waals surface area (Å²) < 4.78 is 0. The summed E-state index contributed by atoms with van der Waals surface area (Å²) in [6.07, 6.45) is 1.45. The minimum absolute atomic E-state index is 0.0560. The average molecular weight is 339 g/mol. The van der Waals surface area contributed by atoms with Crippen LogP contribution in [0.1, 0.15) is 26.3 Å². The molecular weight excluding hydrogens is 328 g/mol. The van der Waals surface area contributed by atoms with Crippen molar-refractivity contribution in [2.24, 2.45) is 0 Å². The van der Waals surface area contributed by atoms with Gasteiger partial charge in [0.15, 0.2) is 0 Å². The van der Waals surface area contributed by atoms with E-state index in [2.05, 4.69) is 4.98 Å². The highest BCUT2D eigenvalue weighted by Crippen LogP contribution is 2.34. The van der Waals surface area contributed by atoms with Crippen molar-refractivity contribution in [3.8, 4) is 5.75 Å². The molecule has 2 amide bonds. The number of hydrogen-bond acceptors (Lipinski definition) is 4. The molecule has 1 N–H and O–H groups in total. The number of imide groups is 1. The molecule has 3 aromatic rings. The fourth-order valence-electron chi connectivity index (χ4n) is 2.95. The highest BCUT2D eigenvalue weighted by molar-refractivity contribution is 6.30. The summed E-state index contributed by atoms with van der Waals surface area (Å²) in [5.41, 5.74) is 1.73. The minimum Gasteiger partial charge on any atom is -0.506 e. The van der Waals surface area contributed by atoms with Gasteiger partial charge in [0.2, 0.25) is 0 Å². The van der Waals surface area contributed by atoms with Gasteiger partial charge in [0.25, 0.3) is 11.8 Å². The van der Waals surface area contributed by atoms with Crippen molar-refractivity contribution in [3.05, 3.63) is 70.4 Å². The van der Waals surface area contributed by atoms with E-state index < -0.39 is 11.8 Å². The summed E-state index contributed by atoms with van der Waals surface area (Å²) in [6, 6.07) is 11.5. The zero-order valence-electron chi connectivity index (χ0n) is 12.4. The Labute approximate surface area is 142 Å². The summed E-state index contributed by atoms with van der Waals surface area (Å²) in [5.74, 6) is -0.879. The van der Waals surface area contributed by atoms with Crippen LogP contribution in [0.15, 0.2) is 48.7 Å². The lowest BCUT2D eigenvalue weighted by molar-refractivity contribution is 0.0598. The Morgan fingerprint density at radius 3 is 2.54 bits per heavy atom. The topological polar surface area (TPSA) is 70.5 Å². The number of aromatic nitrogens is 1. The third-order valence-electron chi connectivity index (χ3n) is 4.05. The van der Waals surface area contributed by atoms with E-state index in [1.54, 1.807) is 30.3 Å². The molecule has 0 atom stereocenters. The van der Waals surface area contributed by atoms with E-state index in [0.29, 0.717) is 21.5 Å². The summed E-state index contributed by atoms with van der Waals surface area (Å²) in [7, 11) is 0. The van der Waals surface area contributed by atoms with Crippen molar-refractivity contribution in [1.29, 1.82) is 0 Å². The van der Waals surface area contributed by atoms with Crippen molar-refractivity contribution in [1.82, 2.24) is 9.88 Å². The van der Waals surface area contributed by atoms with Crippen molar-refractivity contribution in [2.45, 2.75) is 6.54 Å². The van der Waals surface area contributed by atoms with Gasteiger partial charge in [-0.05, 0) is 35.9 Å². The molecule has 1 aromatic heterocycles. The molecular formula is C18H11ClN2O3. The summed E-state index contributed by atoms with van der Waals surface area (Å²) in [5, 5.41) is 10.9. The third kappa shape index (κ3) is 2.13. The van der Waals surface area contributed by atoms with Gasteiger partial charge in [-0.1, -0.05) is 23.7 Å². The van der Waals surface area contributed by atoms with Crippen molar-refractivity contribution >= 4 is 34.3 Å². The van der Waals surface area contributed by atoms with Gasteiger partial charge in [0, 0.05) is 16.6 Å². The van der Waals surface area contributed by atoms with E-state index in [4.69, 9.17) is 11.6 Å². The van der Waals surface area contributed by atoms with Crippen LogP contribution < -0.4 is 0 Å². The van der Waals surface area contributed by atoms with Gasteiger partial charge in [-0.25, -0.2) is 0 Å². The largest absolute Gasteiger partial charge is 0.506 e. The predicted octanol–water partition coefficient (Wildman–Crippen LogP) is 3.39. The maximum atomic E-state index is 12.8. The van der Waals surface area contributed by atoms with Gasteiger partial charge < -0.3 is 5.11 Å². The Hall–Kier alpha value is -2.92. The number of amides is 2. The van der Waals surface area contributed by atoms with E-state index in [9.17, 15) is 14.7 Å². The number of pyridine rings is 1. The van der Waals surface area contributed by atoms with Crippen LogP contribution in [-0.2, 0) is 6.54 Å². The second-order valence-corrected chi connectivity index (χ2v) is 5.98. The average Bonchev–Trinajstić information content (AvgIpc) is 2.58. The van der Waals surface area contributed by atoms with E-state index >= 15 is 0 Å². The smallest absolute Gasteiger partial charge is 0.261 e. The maximum Gasteiger partial charge on any atom is 0.261 e. The lowest BCUT2D eigenvalue weighted by atomic mass is 9.96. The van der Waals surface area contributed by atoms with Crippen LogP contribution >= 0.6 is 11.6 Å². The molecule has 4 rings (SSSR count). The zero-order chi connectivity index (χ0) is 16.8. The highest BCUT2D eigenvalue weighted by atomic mass is 35.5. The lowest BCUT2D eigenvalue weighted by Gasteiger charge is -2.27. The first kappa shape index (κ1) is 14.7. The van der Waals surface area contributed by atoms with Gasteiger partial charge >= 0.3 is 0 Å². The summed E-state index contributed by atoms with van der Waals surface area (Å²) in [4.78, 5) is 30.8. The van der Waals surface area contributed by atoms with Gasteiger partial charge in [0.05, 0.1) is 17.7 Å². The summed E-state index contributed by atoms with van der Waals surface area (Å²) in [6.45, 7) is 0.127. The number of phenolic OH excluding ortho intramolecular Hbond substituents is 1. The van der Waals surface area contributed by atoms with Gasteiger partial charge in [0.1, 0.15) is 11.3 Å². The standard InChI is InChI=1S/C18H11ClN2O3/c19-11-3-1-2-10(8-11)9-21-17(23)12-4-5-14(22)16-15(12)13(18(21)24)6-7-20-16/h1-8,22H,9H2. The number of nitrogens with zero attached hydrogens (tertiary/aromatic N) is 2. The van der Waals surface area contributed by atoms with Crippen LogP contribution in [0.5, 0.6) is 5.75 Å². The van der Waals surface area contributed by atoms with Gasteiger partial charge in [-0.15, -0.1) is 0 Å². The Balaban J connectivity index is 1.85. The SMILES string of the molecule is O=C1c2ccnc3c(O)ccc(c23)C(=O)N1Cc1cccc(Cl)c1. The summed E-state index contributed by atoms with van der Waals surface area (Å²) >= 11 is 5.97. The Morgan fingerprint density at radius 2 is 1.79 bits per heavy atom. The normalized spacial score (nSPS) is 13.6. The van der Waals surface area contributed by atoms with Crippen LogP contribution in [0.3, 0.4) is 0 Å². The molecule has 0 bridgehead atoms. The molecule has 5 nitrogen and oxygen atoms in total. The Morgan fingerprint density at radius 1 is 1.04 bits per heavy atom. The molecule has 2 aromatic carbocycles. The second kappa shape index (κ2) is 5.32. The van der Waals surface area contributed by atoms with E-state index in [1.165, 1.54) is 23.2 Å². The molecule has 0 saturated carbocycles. The molecule has 0 aliphatic carbocycles. The fourth-order valence-corrected chi connectivity index (χ4v) is 3.17. The molecule has 6 heteroatoms. The number of aromatic hydroxyl groups is 1. The van der Waals surface area contributed by atoms with E-state index in [-0.39, 0.29) is 17.8 Å². The first-order valence-electron chi connectivity index (χ1n) is 7.27. The van der Waals surface area contributed by atoms with Crippen molar-refractivity contribution < 1.29 is 14.7 Å². The minimum atomic E-state index is -0.412. The van der Waals surface area contributed by atoms with Crippen LogP contribution in [0.4, 0.5) is 0 Å². The van der Waals surface area contributed by atoms with Gasteiger partial charge in [-0.2, -0.15) is 0 Å². The van der Waals surface area contributed by atoms with Crippen LogP contribution in [0.25, 0.3) is 10.9 Å². The number of phenols is 1. The van der Waals surface area contributed by atoms with Crippen LogP contribution in [-0.4, -0.2) is 26.8 Å². The molecule has 118 valence electrons. The lowest BCUT2D eigenvalue weighted by Crippen LogP contribution is -2.39. The molecule has 0 saturated heterocycles. The number of benzene rings is 2. The van der Waals surface area contributed by atoms with E-state index in [0.717, 1.165) is 5.56 Å². The van der Waals surface area contributed by atoms with E-state index in [1.807, 2.05) is 0 Å². The maximum absolute atomic E-state index is 12.8. The molecule has 0 unspecified atom stereocenters. The number of halogens is 1. The quantitative estimate of drug-likeness (QED) is 0.727. The van der Waals surface area contributed by atoms with Crippen molar-refractivity contribution in [2.75, 3.05) is 0 Å². The number of rotatable bonds is 2. The third-order valence-corrected chi connectivity index (χ3v) is 4.29. The highest BCUT2D eigenvalue weighted by Gasteiger charge is 2.33. The molecule has 2 heterocycles.